The smallest absolute Gasteiger partial charge is 0.0408 e. The summed E-state index contributed by atoms with van der Waals surface area (Å²) in [5, 5.41) is 0.821. The Balaban J connectivity index is 1.72. The maximum absolute atomic E-state index is 6.18. The Bertz CT molecular complexity index is 504. The number of hydrogen-bond donors (Lipinski definition) is 1. The number of hydrogen-bond acceptors (Lipinski definition) is 2. The third kappa shape index (κ3) is 3.12. The molecule has 0 aromatic heterocycles. The molecule has 1 fully saturated rings. The van der Waals surface area contributed by atoms with Crippen molar-refractivity contribution in [3.63, 3.8) is 0 Å². The van der Waals surface area contributed by atoms with Crippen LogP contribution in [0.5, 0.6) is 0 Å². The number of benzene rings is 1. The van der Waals surface area contributed by atoms with E-state index >= 15 is 0 Å². The third-order valence-electron chi connectivity index (χ3n) is 5.29. The predicted molar refractivity (Wildman–Crippen MR) is 89.5 cm³/mol. The molecule has 1 aliphatic carbocycles. The molecule has 1 aliphatic heterocycles. The highest BCUT2D eigenvalue weighted by atomic mass is 35.5. The fourth-order valence-corrected chi connectivity index (χ4v) is 4.09. The zero-order valence-corrected chi connectivity index (χ0v) is 13.4. The van der Waals surface area contributed by atoms with E-state index in [4.69, 9.17) is 17.3 Å². The standard InChI is InChI=1S/C18H25ClN2/c19-16-6-4-5-15(13-16)18(14-20)9-7-17(8-10-18)21-11-2-1-3-12-21/h2,4-6,11,13,17H,1,3,7-10,12,14,20H2/t17-,18-. The lowest BCUT2D eigenvalue weighted by molar-refractivity contribution is 0.162. The Morgan fingerprint density at radius 1 is 1.29 bits per heavy atom. The molecule has 0 bridgehead atoms. The van der Waals surface area contributed by atoms with Crippen LogP contribution in [0.1, 0.15) is 44.1 Å². The average Bonchev–Trinajstić information content (AvgIpc) is 2.56. The molecule has 0 radical (unpaired) electrons. The maximum Gasteiger partial charge on any atom is 0.0408 e. The van der Waals surface area contributed by atoms with Crippen molar-refractivity contribution in [3.05, 3.63) is 47.1 Å². The molecule has 0 unspecified atom stereocenters. The van der Waals surface area contributed by atoms with Gasteiger partial charge in [0.2, 0.25) is 0 Å². The Morgan fingerprint density at radius 2 is 2.10 bits per heavy atom. The molecule has 3 heteroatoms. The number of halogens is 1. The van der Waals surface area contributed by atoms with Gasteiger partial charge in [-0.2, -0.15) is 0 Å². The first kappa shape index (κ1) is 14.9. The minimum Gasteiger partial charge on any atom is -0.375 e. The summed E-state index contributed by atoms with van der Waals surface area (Å²) >= 11 is 6.18. The summed E-state index contributed by atoms with van der Waals surface area (Å²) in [6.07, 6.45) is 11.9. The van der Waals surface area contributed by atoms with Crippen molar-refractivity contribution < 1.29 is 0 Å². The van der Waals surface area contributed by atoms with Crippen LogP contribution in [0.25, 0.3) is 0 Å². The van der Waals surface area contributed by atoms with E-state index in [9.17, 15) is 0 Å². The number of rotatable bonds is 3. The van der Waals surface area contributed by atoms with Gasteiger partial charge in [-0.15, -0.1) is 0 Å². The van der Waals surface area contributed by atoms with E-state index in [1.165, 1.54) is 50.6 Å². The third-order valence-corrected chi connectivity index (χ3v) is 5.53. The Kier molecular flexibility index (Phi) is 4.56. The molecule has 1 aromatic rings. The van der Waals surface area contributed by atoms with Crippen LogP contribution >= 0.6 is 11.6 Å². The van der Waals surface area contributed by atoms with Crippen LogP contribution in [-0.2, 0) is 5.41 Å². The van der Waals surface area contributed by atoms with Gasteiger partial charge in [0.15, 0.2) is 0 Å². The van der Waals surface area contributed by atoms with Crippen molar-refractivity contribution >= 4 is 11.6 Å². The summed E-state index contributed by atoms with van der Waals surface area (Å²) in [5.41, 5.74) is 7.62. The van der Waals surface area contributed by atoms with Crippen molar-refractivity contribution in [3.8, 4) is 0 Å². The van der Waals surface area contributed by atoms with Gasteiger partial charge in [-0.3, -0.25) is 0 Å². The second-order valence-electron chi connectivity index (χ2n) is 6.49. The van der Waals surface area contributed by atoms with E-state index in [2.05, 4.69) is 35.4 Å². The molecule has 1 heterocycles. The normalized spacial score (nSPS) is 29.6. The second-order valence-corrected chi connectivity index (χ2v) is 6.93. The zero-order chi connectivity index (χ0) is 14.7. The average molecular weight is 305 g/mol. The molecule has 0 atom stereocenters. The van der Waals surface area contributed by atoms with Gasteiger partial charge >= 0.3 is 0 Å². The SMILES string of the molecule is NC[C@]1(c2cccc(Cl)c2)CC[C@H](N2C=CCCC2)CC1. The lowest BCUT2D eigenvalue weighted by atomic mass is 9.68. The van der Waals surface area contributed by atoms with Crippen LogP contribution in [0.15, 0.2) is 36.5 Å². The molecule has 0 amide bonds. The number of nitrogens with zero attached hydrogens (tertiary/aromatic N) is 1. The Morgan fingerprint density at radius 3 is 2.71 bits per heavy atom. The largest absolute Gasteiger partial charge is 0.375 e. The number of nitrogens with two attached hydrogens (primary N) is 1. The van der Waals surface area contributed by atoms with Crippen molar-refractivity contribution in [2.24, 2.45) is 5.73 Å². The first-order valence-corrected chi connectivity index (χ1v) is 8.50. The summed E-state index contributed by atoms with van der Waals surface area (Å²) in [6, 6.07) is 8.99. The van der Waals surface area contributed by atoms with Gasteiger partial charge in [-0.05, 0) is 62.4 Å². The van der Waals surface area contributed by atoms with Gasteiger partial charge in [0.1, 0.15) is 0 Å². The monoisotopic (exact) mass is 304 g/mol. The quantitative estimate of drug-likeness (QED) is 0.911. The van der Waals surface area contributed by atoms with Gasteiger partial charge < -0.3 is 10.6 Å². The van der Waals surface area contributed by atoms with Gasteiger partial charge in [0, 0.05) is 29.6 Å². The summed E-state index contributed by atoms with van der Waals surface area (Å²) in [6.45, 7) is 1.93. The van der Waals surface area contributed by atoms with Crippen LogP contribution in [0.3, 0.4) is 0 Å². The highest BCUT2D eigenvalue weighted by Crippen LogP contribution is 2.41. The predicted octanol–water partition coefficient (Wildman–Crippen LogP) is 4.09. The van der Waals surface area contributed by atoms with Gasteiger partial charge in [0.05, 0.1) is 0 Å². The molecule has 3 rings (SSSR count). The summed E-state index contributed by atoms with van der Waals surface area (Å²) < 4.78 is 0. The second kappa shape index (κ2) is 6.41. The molecule has 1 saturated carbocycles. The molecule has 2 nitrogen and oxygen atoms in total. The Hall–Kier alpha value is -0.990. The molecule has 114 valence electrons. The zero-order valence-electron chi connectivity index (χ0n) is 12.6. The van der Waals surface area contributed by atoms with E-state index in [0.29, 0.717) is 6.04 Å². The van der Waals surface area contributed by atoms with E-state index in [0.717, 1.165) is 11.6 Å². The molecular formula is C18H25ClN2. The van der Waals surface area contributed by atoms with Crippen LogP contribution in [0.4, 0.5) is 0 Å². The van der Waals surface area contributed by atoms with E-state index in [-0.39, 0.29) is 5.41 Å². The van der Waals surface area contributed by atoms with Crippen LogP contribution < -0.4 is 5.73 Å². The van der Waals surface area contributed by atoms with E-state index < -0.39 is 0 Å². The summed E-state index contributed by atoms with van der Waals surface area (Å²) in [4.78, 5) is 2.54. The van der Waals surface area contributed by atoms with Crippen molar-refractivity contribution in [1.82, 2.24) is 4.90 Å². The van der Waals surface area contributed by atoms with Crippen LogP contribution in [0, 0.1) is 0 Å². The van der Waals surface area contributed by atoms with Gasteiger partial charge in [0.25, 0.3) is 0 Å². The molecule has 2 aliphatic rings. The highest BCUT2D eigenvalue weighted by molar-refractivity contribution is 6.30. The molecule has 1 aromatic carbocycles. The maximum atomic E-state index is 6.18. The van der Waals surface area contributed by atoms with Gasteiger partial charge in [-0.1, -0.05) is 29.8 Å². The lowest BCUT2D eigenvalue weighted by Gasteiger charge is -2.44. The summed E-state index contributed by atoms with van der Waals surface area (Å²) in [7, 11) is 0. The van der Waals surface area contributed by atoms with Crippen molar-refractivity contribution in [1.29, 1.82) is 0 Å². The minimum absolute atomic E-state index is 0.126. The molecule has 21 heavy (non-hydrogen) atoms. The van der Waals surface area contributed by atoms with E-state index in [1.807, 2.05) is 6.07 Å². The molecule has 0 saturated heterocycles. The van der Waals surface area contributed by atoms with Gasteiger partial charge in [-0.25, -0.2) is 0 Å². The molecule has 2 N–H and O–H groups in total. The van der Waals surface area contributed by atoms with Crippen LogP contribution in [-0.4, -0.2) is 24.0 Å². The number of allylic oxidation sites excluding steroid dienone is 1. The van der Waals surface area contributed by atoms with E-state index in [1.54, 1.807) is 0 Å². The van der Waals surface area contributed by atoms with Crippen LogP contribution in [0.2, 0.25) is 5.02 Å². The minimum atomic E-state index is 0.126. The topological polar surface area (TPSA) is 29.3 Å². The molecule has 0 spiro atoms. The fraction of sp³-hybridized carbons (Fsp3) is 0.556. The lowest BCUT2D eigenvalue weighted by Crippen LogP contribution is -2.44. The first-order valence-electron chi connectivity index (χ1n) is 8.12. The Labute approximate surface area is 133 Å². The van der Waals surface area contributed by atoms with Crippen molar-refractivity contribution in [2.75, 3.05) is 13.1 Å². The first-order chi connectivity index (χ1) is 10.2. The molecular weight excluding hydrogens is 280 g/mol. The highest BCUT2D eigenvalue weighted by Gasteiger charge is 2.37. The van der Waals surface area contributed by atoms with Crippen molar-refractivity contribution in [2.45, 2.75) is 50.0 Å². The summed E-state index contributed by atoms with van der Waals surface area (Å²) in [5.74, 6) is 0. The fourth-order valence-electron chi connectivity index (χ4n) is 3.90.